The third-order valence-corrected chi connectivity index (χ3v) is 1.95. The van der Waals surface area contributed by atoms with Crippen molar-refractivity contribution in [2.75, 3.05) is 19.6 Å². The maximum atomic E-state index is 11.1. The van der Waals surface area contributed by atoms with Gasteiger partial charge < -0.3 is 5.73 Å². The van der Waals surface area contributed by atoms with Crippen molar-refractivity contribution in [2.24, 2.45) is 5.73 Å². The number of hydrogen-bond donors (Lipinski definition) is 2. The number of carbonyl (C=O) groups excluding carboxylic acids is 2. The molecule has 1 fully saturated rings. The Balaban J connectivity index is 2.59. The van der Waals surface area contributed by atoms with Crippen LogP contribution in [0.4, 0.5) is 0 Å². The first-order valence-corrected chi connectivity index (χ1v) is 3.93. The summed E-state index contributed by atoms with van der Waals surface area (Å²) in [6.07, 6.45) is 0. The minimum absolute atomic E-state index is 0.236. The van der Waals surface area contributed by atoms with Gasteiger partial charge in [-0.15, -0.1) is 0 Å². The molecule has 5 heteroatoms. The van der Waals surface area contributed by atoms with Crippen molar-refractivity contribution < 1.29 is 9.59 Å². The summed E-state index contributed by atoms with van der Waals surface area (Å²) in [5.41, 5.74) is 5.33. The Bertz CT molecular complexity index is 205. The number of nitrogens with zero attached hydrogens (tertiary/aromatic N) is 1. The molecule has 0 spiro atoms. The Labute approximate surface area is 70.9 Å². The van der Waals surface area contributed by atoms with E-state index in [1.807, 2.05) is 0 Å². The number of nitrogens with two attached hydrogens (primary N) is 1. The van der Waals surface area contributed by atoms with Crippen LogP contribution < -0.4 is 11.1 Å². The number of hydrogen-bond acceptors (Lipinski definition) is 4. The molecule has 2 amide bonds. The van der Waals surface area contributed by atoms with Crippen LogP contribution in [0.15, 0.2) is 0 Å². The Morgan fingerprint density at radius 1 is 1.67 bits per heavy atom. The lowest BCUT2D eigenvalue weighted by molar-refractivity contribution is -0.139. The van der Waals surface area contributed by atoms with Crippen LogP contribution in [0, 0.1) is 0 Å². The zero-order valence-corrected chi connectivity index (χ0v) is 7.04. The second kappa shape index (κ2) is 3.64. The molecule has 1 atom stereocenters. The maximum Gasteiger partial charge on any atom is 0.243 e. The van der Waals surface area contributed by atoms with E-state index in [0.29, 0.717) is 13.1 Å². The fourth-order valence-electron chi connectivity index (χ4n) is 1.21. The van der Waals surface area contributed by atoms with Gasteiger partial charge in [-0.25, -0.2) is 0 Å². The average Bonchev–Trinajstić information content (AvgIpc) is 2.00. The van der Waals surface area contributed by atoms with Gasteiger partial charge in [-0.1, -0.05) is 0 Å². The maximum absolute atomic E-state index is 11.1. The summed E-state index contributed by atoms with van der Waals surface area (Å²) in [5, 5.41) is 2.26. The van der Waals surface area contributed by atoms with E-state index < -0.39 is 0 Å². The van der Waals surface area contributed by atoms with Gasteiger partial charge in [0.05, 0.1) is 12.6 Å². The van der Waals surface area contributed by atoms with Crippen molar-refractivity contribution in [2.45, 2.75) is 13.0 Å². The summed E-state index contributed by atoms with van der Waals surface area (Å²) in [5.74, 6) is -0.480. The van der Waals surface area contributed by atoms with Gasteiger partial charge in [0.1, 0.15) is 0 Å². The fourth-order valence-corrected chi connectivity index (χ4v) is 1.21. The van der Waals surface area contributed by atoms with Crippen LogP contribution in [-0.2, 0) is 9.59 Å². The molecule has 0 aromatic heterocycles. The van der Waals surface area contributed by atoms with Crippen molar-refractivity contribution in [1.29, 1.82) is 0 Å². The molecule has 1 aliphatic heterocycles. The van der Waals surface area contributed by atoms with E-state index in [1.165, 1.54) is 0 Å². The SMILES string of the molecule is CC1C(=O)NC(=O)CN1CCN. The molecule has 1 rings (SSSR count). The van der Waals surface area contributed by atoms with Crippen LogP contribution in [0.5, 0.6) is 0 Å². The number of imide groups is 1. The predicted octanol–water partition coefficient (Wildman–Crippen LogP) is -1.71. The van der Waals surface area contributed by atoms with Gasteiger partial charge in [-0.2, -0.15) is 0 Å². The predicted molar refractivity (Wildman–Crippen MR) is 43.2 cm³/mol. The van der Waals surface area contributed by atoms with Crippen molar-refractivity contribution >= 4 is 11.8 Å². The van der Waals surface area contributed by atoms with Gasteiger partial charge in [0.15, 0.2) is 0 Å². The Hall–Kier alpha value is -0.940. The molecular weight excluding hydrogens is 158 g/mol. The summed E-state index contributed by atoms with van der Waals surface area (Å²) in [4.78, 5) is 23.7. The zero-order chi connectivity index (χ0) is 9.14. The van der Waals surface area contributed by atoms with E-state index >= 15 is 0 Å². The normalized spacial score (nSPS) is 25.7. The largest absolute Gasteiger partial charge is 0.329 e. The molecule has 12 heavy (non-hydrogen) atoms. The molecule has 0 aromatic rings. The van der Waals surface area contributed by atoms with E-state index in [-0.39, 0.29) is 24.4 Å². The van der Waals surface area contributed by atoms with Crippen LogP contribution in [0.2, 0.25) is 0 Å². The molecule has 0 bridgehead atoms. The third-order valence-electron chi connectivity index (χ3n) is 1.95. The number of rotatable bonds is 2. The van der Waals surface area contributed by atoms with Crippen molar-refractivity contribution in [3.8, 4) is 0 Å². The Morgan fingerprint density at radius 2 is 2.33 bits per heavy atom. The summed E-state index contributed by atoms with van der Waals surface area (Å²) < 4.78 is 0. The van der Waals surface area contributed by atoms with Gasteiger partial charge in [-0.05, 0) is 6.92 Å². The topological polar surface area (TPSA) is 75.4 Å². The first-order valence-electron chi connectivity index (χ1n) is 3.93. The Kier molecular flexibility index (Phi) is 2.78. The molecule has 0 saturated carbocycles. The van der Waals surface area contributed by atoms with E-state index in [1.54, 1.807) is 11.8 Å². The van der Waals surface area contributed by atoms with E-state index in [2.05, 4.69) is 5.32 Å². The molecule has 1 heterocycles. The van der Waals surface area contributed by atoms with Gasteiger partial charge in [0, 0.05) is 13.1 Å². The van der Waals surface area contributed by atoms with Gasteiger partial charge in [0.2, 0.25) is 11.8 Å². The highest BCUT2D eigenvalue weighted by atomic mass is 16.2. The van der Waals surface area contributed by atoms with Crippen LogP contribution >= 0.6 is 0 Å². The number of carbonyl (C=O) groups is 2. The monoisotopic (exact) mass is 171 g/mol. The highest BCUT2D eigenvalue weighted by Crippen LogP contribution is 2.02. The summed E-state index contributed by atoms with van der Waals surface area (Å²) in [6.45, 7) is 3.08. The molecule has 0 radical (unpaired) electrons. The highest BCUT2D eigenvalue weighted by Gasteiger charge is 2.29. The van der Waals surface area contributed by atoms with Crippen LogP contribution in [0.1, 0.15) is 6.92 Å². The fraction of sp³-hybridized carbons (Fsp3) is 0.714. The van der Waals surface area contributed by atoms with E-state index in [9.17, 15) is 9.59 Å². The lowest BCUT2D eigenvalue weighted by Gasteiger charge is -2.30. The molecule has 68 valence electrons. The van der Waals surface area contributed by atoms with Crippen LogP contribution in [-0.4, -0.2) is 42.4 Å². The van der Waals surface area contributed by atoms with Crippen molar-refractivity contribution in [3.63, 3.8) is 0 Å². The second-order valence-corrected chi connectivity index (χ2v) is 2.85. The Morgan fingerprint density at radius 3 is 2.92 bits per heavy atom. The molecule has 0 aliphatic carbocycles. The van der Waals surface area contributed by atoms with Gasteiger partial charge >= 0.3 is 0 Å². The summed E-state index contributed by atoms with van der Waals surface area (Å²) in [7, 11) is 0. The molecule has 3 N–H and O–H groups in total. The lowest BCUT2D eigenvalue weighted by Crippen LogP contribution is -2.57. The molecule has 1 saturated heterocycles. The minimum atomic E-state index is -0.244. The standard InChI is InChI=1S/C7H13N3O2/c1-5-7(12)9-6(11)4-10(5)3-2-8/h5H,2-4,8H2,1H3,(H,9,11,12). The molecule has 1 unspecified atom stereocenters. The second-order valence-electron chi connectivity index (χ2n) is 2.85. The molecule has 0 aromatic carbocycles. The van der Waals surface area contributed by atoms with Crippen molar-refractivity contribution in [3.05, 3.63) is 0 Å². The number of nitrogens with one attached hydrogen (secondary N) is 1. The van der Waals surface area contributed by atoms with Gasteiger partial charge in [-0.3, -0.25) is 19.8 Å². The first-order chi connectivity index (χ1) is 5.65. The third kappa shape index (κ3) is 1.80. The summed E-state index contributed by atoms with van der Waals surface area (Å²) >= 11 is 0. The number of amides is 2. The smallest absolute Gasteiger partial charge is 0.243 e. The van der Waals surface area contributed by atoms with Crippen LogP contribution in [0.25, 0.3) is 0 Å². The van der Waals surface area contributed by atoms with E-state index in [4.69, 9.17) is 5.73 Å². The average molecular weight is 171 g/mol. The highest BCUT2D eigenvalue weighted by molar-refractivity contribution is 6.00. The molecular formula is C7H13N3O2. The zero-order valence-electron chi connectivity index (χ0n) is 7.04. The van der Waals surface area contributed by atoms with Crippen LogP contribution in [0.3, 0.4) is 0 Å². The van der Waals surface area contributed by atoms with Crippen molar-refractivity contribution in [1.82, 2.24) is 10.2 Å². The van der Waals surface area contributed by atoms with Gasteiger partial charge in [0.25, 0.3) is 0 Å². The summed E-state index contributed by atoms with van der Waals surface area (Å²) in [6, 6.07) is -0.244. The lowest BCUT2D eigenvalue weighted by atomic mass is 10.2. The number of piperazine rings is 1. The molecule has 5 nitrogen and oxygen atoms in total. The molecule has 1 aliphatic rings. The first kappa shape index (κ1) is 9.15. The quantitative estimate of drug-likeness (QED) is 0.485. The minimum Gasteiger partial charge on any atom is -0.329 e. The van der Waals surface area contributed by atoms with E-state index in [0.717, 1.165) is 0 Å².